The van der Waals surface area contributed by atoms with E-state index in [0.717, 1.165) is 6.54 Å². The Labute approximate surface area is 123 Å². The fourth-order valence-electron chi connectivity index (χ4n) is 2.71. The van der Waals surface area contributed by atoms with Crippen LogP contribution in [0.2, 0.25) is 0 Å². The molecule has 110 valence electrons. The van der Waals surface area contributed by atoms with Crippen molar-refractivity contribution in [1.29, 1.82) is 0 Å². The Balaban J connectivity index is 2.38. The van der Waals surface area contributed by atoms with E-state index < -0.39 is 0 Å². The van der Waals surface area contributed by atoms with Gasteiger partial charge in [0.1, 0.15) is 0 Å². The lowest BCUT2D eigenvalue weighted by Crippen LogP contribution is -2.20. The molecule has 0 amide bonds. The zero-order valence-corrected chi connectivity index (χ0v) is 14.0. The first-order valence-electron chi connectivity index (χ1n) is 7.99. The molecule has 0 aromatic carbocycles. The van der Waals surface area contributed by atoms with Gasteiger partial charge in [0.2, 0.25) is 0 Å². The molecular formula is C17H31NS. The second-order valence-corrected chi connectivity index (χ2v) is 6.86. The van der Waals surface area contributed by atoms with Crippen LogP contribution in [0.25, 0.3) is 0 Å². The minimum absolute atomic E-state index is 0.579. The monoisotopic (exact) mass is 281 g/mol. The number of rotatable bonds is 10. The maximum Gasteiger partial charge on any atom is 0.0417 e. The first kappa shape index (κ1) is 16.7. The van der Waals surface area contributed by atoms with Crippen molar-refractivity contribution in [2.45, 2.75) is 78.7 Å². The van der Waals surface area contributed by atoms with Crippen LogP contribution in [-0.2, 0) is 0 Å². The molecule has 0 fully saturated rings. The smallest absolute Gasteiger partial charge is 0.0417 e. The van der Waals surface area contributed by atoms with Crippen molar-refractivity contribution in [3.63, 3.8) is 0 Å². The SMILES string of the molecule is CCCCCCCCC(NCC)c1sc(C)cc1C. The lowest BCUT2D eigenvalue weighted by atomic mass is 10.0. The summed E-state index contributed by atoms with van der Waals surface area (Å²) in [7, 11) is 0. The van der Waals surface area contributed by atoms with Gasteiger partial charge in [0, 0.05) is 15.8 Å². The van der Waals surface area contributed by atoms with Gasteiger partial charge in [-0.15, -0.1) is 11.3 Å². The van der Waals surface area contributed by atoms with E-state index >= 15 is 0 Å². The predicted octanol–water partition coefficient (Wildman–Crippen LogP) is 5.77. The summed E-state index contributed by atoms with van der Waals surface area (Å²) in [5.74, 6) is 0. The van der Waals surface area contributed by atoms with Crippen LogP contribution in [0, 0.1) is 13.8 Å². The van der Waals surface area contributed by atoms with E-state index in [9.17, 15) is 0 Å². The van der Waals surface area contributed by atoms with E-state index in [4.69, 9.17) is 0 Å². The van der Waals surface area contributed by atoms with Gasteiger partial charge >= 0.3 is 0 Å². The molecular weight excluding hydrogens is 250 g/mol. The third-order valence-corrected chi connectivity index (χ3v) is 4.96. The summed E-state index contributed by atoms with van der Waals surface area (Å²) in [6, 6.07) is 2.90. The molecule has 0 aliphatic carbocycles. The van der Waals surface area contributed by atoms with Crippen LogP contribution in [0.4, 0.5) is 0 Å². The van der Waals surface area contributed by atoms with Gasteiger partial charge in [-0.2, -0.15) is 0 Å². The maximum atomic E-state index is 3.67. The molecule has 1 N–H and O–H groups in total. The fourth-order valence-corrected chi connectivity index (χ4v) is 3.85. The first-order chi connectivity index (χ1) is 9.19. The Morgan fingerprint density at radius 1 is 1.05 bits per heavy atom. The molecule has 0 saturated heterocycles. The molecule has 0 bridgehead atoms. The average Bonchev–Trinajstić information content (AvgIpc) is 2.71. The molecule has 1 aromatic heterocycles. The third-order valence-electron chi connectivity index (χ3n) is 3.69. The third kappa shape index (κ3) is 6.09. The van der Waals surface area contributed by atoms with E-state index in [-0.39, 0.29) is 0 Å². The van der Waals surface area contributed by atoms with Crippen LogP contribution in [0.3, 0.4) is 0 Å². The zero-order valence-electron chi connectivity index (χ0n) is 13.2. The van der Waals surface area contributed by atoms with Crippen molar-refractivity contribution in [1.82, 2.24) is 5.32 Å². The number of hydrogen-bond donors (Lipinski definition) is 1. The maximum absolute atomic E-state index is 3.67. The summed E-state index contributed by atoms with van der Waals surface area (Å²) in [5.41, 5.74) is 1.47. The van der Waals surface area contributed by atoms with Crippen LogP contribution in [0.5, 0.6) is 0 Å². The van der Waals surface area contributed by atoms with Crippen molar-refractivity contribution in [2.75, 3.05) is 6.54 Å². The van der Waals surface area contributed by atoms with Crippen LogP contribution >= 0.6 is 11.3 Å². The number of hydrogen-bond acceptors (Lipinski definition) is 2. The largest absolute Gasteiger partial charge is 0.310 e. The van der Waals surface area contributed by atoms with E-state index in [1.807, 2.05) is 11.3 Å². The molecule has 1 rings (SSSR count). The molecule has 0 radical (unpaired) electrons. The number of unbranched alkanes of at least 4 members (excludes halogenated alkanes) is 5. The molecule has 19 heavy (non-hydrogen) atoms. The molecule has 0 aliphatic heterocycles. The molecule has 1 aromatic rings. The topological polar surface area (TPSA) is 12.0 Å². The number of thiophene rings is 1. The summed E-state index contributed by atoms with van der Waals surface area (Å²) in [6.07, 6.45) is 9.62. The minimum Gasteiger partial charge on any atom is -0.310 e. The standard InChI is InChI=1S/C17H31NS/c1-5-7-8-9-10-11-12-16(18-6-2)17-14(3)13-15(4)19-17/h13,16,18H,5-12H2,1-4H3. The molecule has 0 aliphatic rings. The van der Waals surface area contributed by atoms with Gasteiger partial charge in [0.15, 0.2) is 0 Å². The molecule has 1 atom stereocenters. The van der Waals surface area contributed by atoms with E-state index in [0.29, 0.717) is 6.04 Å². The van der Waals surface area contributed by atoms with Gasteiger partial charge in [-0.3, -0.25) is 0 Å². The van der Waals surface area contributed by atoms with E-state index in [1.54, 1.807) is 4.88 Å². The highest BCUT2D eigenvalue weighted by Gasteiger charge is 2.14. The Morgan fingerprint density at radius 3 is 2.32 bits per heavy atom. The van der Waals surface area contributed by atoms with Gasteiger partial charge in [-0.05, 0) is 38.4 Å². The summed E-state index contributed by atoms with van der Waals surface area (Å²) in [4.78, 5) is 3.01. The second-order valence-electron chi connectivity index (χ2n) is 5.57. The van der Waals surface area contributed by atoms with Crippen molar-refractivity contribution in [3.8, 4) is 0 Å². The number of aryl methyl sites for hydroxylation is 2. The minimum atomic E-state index is 0.579. The summed E-state index contributed by atoms with van der Waals surface area (Å²) in [5, 5.41) is 3.67. The zero-order chi connectivity index (χ0) is 14.1. The Kier molecular flexibility index (Phi) is 8.40. The molecule has 1 nitrogen and oxygen atoms in total. The Hall–Kier alpha value is -0.340. The highest BCUT2D eigenvalue weighted by Crippen LogP contribution is 2.30. The van der Waals surface area contributed by atoms with Crippen molar-refractivity contribution >= 4 is 11.3 Å². The number of nitrogens with one attached hydrogen (secondary N) is 1. The van der Waals surface area contributed by atoms with Crippen LogP contribution < -0.4 is 5.32 Å². The van der Waals surface area contributed by atoms with Gasteiger partial charge in [0.05, 0.1) is 0 Å². The van der Waals surface area contributed by atoms with E-state index in [2.05, 4.69) is 39.1 Å². The summed E-state index contributed by atoms with van der Waals surface area (Å²) in [6.45, 7) is 10.0. The van der Waals surface area contributed by atoms with Gasteiger partial charge in [0.25, 0.3) is 0 Å². The second kappa shape index (κ2) is 9.55. The Morgan fingerprint density at radius 2 is 1.74 bits per heavy atom. The summed E-state index contributed by atoms with van der Waals surface area (Å²) < 4.78 is 0. The normalized spacial score (nSPS) is 12.8. The first-order valence-corrected chi connectivity index (χ1v) is 8.81. The lowest BCUT2D eigenvalue weighted by Gasteiger charge is -2.17. The van der Waals surface area contributed by atoms with Gasteiger partial charge in [-0.1, -0.05) is 52.4 Å². The summed E-state index contributed by atoms with van der Waals surface area (Å²) >= 11 is 1.97. The highest BCUT2D eigenvalue weighted by molar-refractivity contribution is 7.12. The fraction of sp³-hybridized carbons (Fsp3) is 0.765. The van der Waals surface area contributed by atoms with Crippen molar-refractivity contribution in [3.05, 3.63) is 21.4 Å². The van der Waals surface area contributed by atoms with Crippen molar-refractivity contribution in [2.24, 2.45) is 0 Å². The van der Waals surface area contributed by atoms with Gasteiger partial charge in [-0.25, -0.2) is 0 Å². The molecule has 0 spiro atoms. The van der Waals surface area contributed by atoms with Crippen molar-refractivity contribution < 1.29 is 0 Å². The predicted molar refractivity (Wildman–Crippen MR) is 88.2 cm³/mol. The van der Waals surface area contributed by atoms with Crippen LogP contribution in [0.1, 0.15) is 80.2 Å². The lowest BCUT2D eigenvalue weighted by molar-refractivity contribution is 0.481. The van der Waals surface area contributed by atoms with Crippen LogP contribution in [0.15, 0.2) is 6.07 Å². The van der Waals surface area contributed by atoms with Gasteiger partial charge < -0.3 is 5.32 Å². The van der Waals surface area contributed by atoms with E-state index in [1.165, 1.54) is 55.4 Å². The molecule has 2 heteroatoms. The quantitative estimate of drug-likeness (QED) is 0.537. The molecule has 1 heterocycles. The molecule has 0 saturated carbocycles. The molecule has 1 unspecified atom stereocenters. The average molecular weight is 282 g/mol. The highest BCUT2D eigenvalue weighted by atomic mass is 32.1. The van der Waals surface area contributed by atoms with Crippen LogP contribution in [-0.4, -0.2) is 6.54 Å². The Bertz CT molecular complexity index is 343.